The summed E-state index contributed by atoms with van der Waals surface area (Å²) in [6, 6.07) is 7.82. The molecule has 0 radical (unpaired) electrons. The van der Waals surface area contributed by atoms with Crippen molar-refractivity contribution in [2.45, 2.75) is 74.8 Å². The van der Waals surface area contributed by atoms with E-state index in [4.69, 9.17) is 9.47 Å². The molecule has 0 aliphatic carbocycles. The minimum Gasteiger partial charge on any atom is -0.372 e. The molecule has 4 rings (SSSR count). The van der Waals surface area contributed by atoms with E-state index in [2.05, 4.69) is 73.0 Å². The molecule has 3 aliphatic rings. The molecule has 4 nitrogen and oxygen atoms in total. The molecule has 1 aromatic rings. The molecule has 3 aliphatic heterocycles. The van der Waals surface area contributed by atoms with Crippen LogP contribution >= 0.6 is 70.6 Å². The molecule has 0 spiro atoms. The summed E-state index contributed by atoms with van der Waals surface area (Å²) in [5, 5.41) is 18.8. The first-order chi connectivity index (χ1) is 18.7. The Labute approximate surface area is 253 Å². The highest BCUT2D eigenvalue weighted by molar-refractivity contribution is 8.39. The van der Waals surface area contributed by atoms with E-state index in [0.29, 0.717) is 46.7 Å². The van der Waals surface area contributed by atoms with Crippen LogP contribution in [0.2, 0.25) is 0 Å². The number of benzene rings is 1. The van der Waals surface area contributed by atoms with E-state index in [0.717, 1.165) is 11.1 Å². The van der Waals surface area contributed by atoms with Crippen LogP contribution in [0.4, 0.5) is 0 Å². The van der Waals surface area contributed by atoms with Gasteiger partial charge in [-0.2, -0.15) is 10.5 Å². The van der Waals surface area contributed by atoms with Crippen LogP contribution in [-0.2, 0) is 22.7 Å². The van der Waals surface area contributed by atoms with Crippen molar-refractivity contribution in [3.05, 3.63) is 52.7 Å². The third kappa shape index (κ3) is 8.36. The number of fused-ring (bicyclic) bond motifs is 1. The van der Waals surface area contributed by atoms with Crippen molar-refractivity contribution >= 4 is 70.6 Å². The highest BCUT2D eigenvalue weighted by atomic mass is 32.3. The quantitative estimate of drug-likeness (QED) is 0.236. The van der Waals surface area contributed by atoms with Crippen LogP contribution in [0.5, 0.6) is 0 Å². The van der Waals surface area contributed by atoms with Gasteiger partial charge in [0.05, 0.1) is 55.2 Å². The number of unbranched alkanes of at least 4 members (excludes halogenated alkanes) is 4. The van der Waals surface area contributed by atoms with Crippen LogP contribution in [0.3, 0.4) is 0 Å². The van der Waals surface area contributed by atoms with Crippen LogP contribution in [0, 0.1) is 22.7 Å². The number of nitrogens with zero attached hydrogens (tertiary/aromatic N) is 2. The summed E-state index contributed by atoms with van der Waals surface area (Å²) in [4.78, 5) is 2.48. The highest BCUT2D eigenvalue weighted by Crippen LogP contribution is 2.62. The highest BCUT2D eigenvalue weighted by Gasteiger charge is 2.37. The van der Waals surface area contributed by atoms with E-state index in [9.17, 15) is 10.5 Å². The van der Waals surface area contributed by atoms with Crippen molar-refractivity contribution in [2.24, 2.45) is 0 Å². The van der Waals surface area contributed by atoms with E-state index >= 15 is 0 Å². The zero-order valence-corrected chi connectivity index (χ0v) is 26.9. The molecule has 2 atom stereocenters. The van der Waals surface area contributed by atoms with Crippen molar-refractivity contribution in [2.75, 3.05) is 24.7 Å². The Morgan fingerprint density at radius 3 is 1.63 bits per heavy atom. The van der Waals surface area contributed by atoms with Gasteiger partial charge in [-0.3, -0.25) is 0 Å². The fraction of sp³-hybridized carbons (Fsp3) is 0.571. The number of nitriles is 2. The second kappa shape index (κ2) is 16.2. The molecule has 38 heavy (non-hydrogen) atoms. The molecule has 0 bridgehead atoms. The van der Waals surface area contributed by atoms with E-state index in [1.165, 1.54) is 68.3 Å². The van der Waals surface area contributed by atoms with Crippen LogP contribution < -0.4 is 0 Å². The van der Waals surface area contributed by atoms with Crippen LogP contribution in [0.15, 0.2) is 30.4 Å². The molecule has 2 unspecified atom stereocenters. The van der Waals surface area contributed by atoms with E-state index in [-0.39, 0.29) is 0 Å². The summed E-state index contributed by atoms with van der Waals surface area (Å²) >= 11 is 12.2. The summed E-state index contributed by atoms with van der Waals surface area (Å²) in [5.74, 6) is 2.50. The monoisotopic (exact) mass is 622 g/mol. The lowest BCUT2D eigenvalue weighted by Gasteiger charge is -2.16. The molecule has 0 amide bonds. The molecule has 10 heteroatoms. The summed E-state index contributed by atoms with van der Waals surface area (Å²) in [5.41, 5.74) is 2.63. The van der Waals surface area contributed by atoms with Gasteiger partial charge in [-0.05, 0) is 47.6 Å². The Balaban J connectivity index is 1.42. The third-order valence-electron chi connectivity index (χ3n) is 6.20. The van der Waals surface area contributed by atoms with Gasteiger partial charge < -0.3 is 9.47 Å². The Hall–Kier alpha value is -0.300. The molecule has 1 saturated heterocycles. The Bertz CT molecular complexity index is 1040. The minimum absolute atomic E-state index is 0.393. The first-order valence-electron chi connectivity index (χ1n) is 13.2. The molecule has 3 heterocycles. The topological polar surface area (TPSA) is 66.0 Å². The predicted octanol–water partition coefficient (Wildman–Crippen LogP) is 9.27. The molecular weight excluding hydrogens is 589 g/mol. The van der Waals surface area contributed by atoms with Crippen molar-refractivity contribution in [3.8, 4) is 12.1 Å². The molecule has 0 N–H and O–H groups in total. The first-order valence-corrected chi connectivity index (χ1v) is 18.7. The van der Waals surface area contributed by atoms with Crippen molar-refractivity contribution < 1.29 is 9.47 Å². The minimum atomic E-state index is 0.393. The maximum Gasteiger partial charge on any atom is 0.101 e. The van der Waals surface area contributed by atoms with Crippen molar-refractivity contribution in [3.63, 3.8) is 0 Å². The van der Waals surface area contributed by atoms with Crippen LogP contribution in [0.1, 0.15) is 74.6 Å². The SMILES string of the molecule is CCCCCSC1SC(=C2SC3=C(COCc4cc(C#N)c(C#N)cc4COC3)S2)SC1SCCCCC. The van der Waals surface area contributed by atoms with Gasteiger partial charge in [0.1, 0.15) is 12.1 Å². The lowest BCUT2D eigenvalue weighted by molar-refractivity contribution is 0.123. The standard InChI is InChI=1S/C28H34N2O2S6/c1-3-5-7-9-33-25-26(34-10-8-6-4-2)38-28(37-25)27-35-23-17-31-15-21-11-19(13-29)20(14-30)12-22(21)16-32-18-24(23)36-27/h11-12,25-26H,3-10,15-18H2,1-2H3. The molecule has 0 aromatic heterocycles. The maximum atomic E-state index is 9.42. The fourth-order valence-electron chi connectivity index (χ4n) is 4.09. The third-order valence-corrected chi connectivity index (χ3v) is 16.1. The number of rotatable bonds is 10. The zero-order chi connectivity index (χ0) is 26.7. The summed E-state index contributed by atoms with van der Waals surface area (Å²) < 4.78 is 16.3. The van der Waals surface area contributed by atoms with Gasteiger partial charge in [-0.25, -0.2) is 0 Å². The largest absolute Gasteiger partial charge is 0.372 e. The van der Waals surface area contributed by atoms with Gasteiger partial charge in [0.2, 0.25) is 0 Å². The van der Waals surface area contributed by atoms with Gasteiger partial charge in [0.15, 0.2) is 0 Å². The van der Waals surface area contributed by atoms with E-state index in [1.54, 1.807) is 12.1 Å². The maximum absolute atomic E-state index is 9.42. The number of ether oxygens (including phenoxy) is 2. The second-order valence-electron chi connectivity index (χ2n) is 9.13. The van der Waals surface area contributed by atoms with E-state index in [1.807, 2.05) is 23.5 Å². The molecular formula is C28H34N2O2S6. The lowest BCUT2D eigenvalue weighted by Crippen LogP contribution is -2.08. The summed E-state index contributed by atoms with van der Waals surface area (Å²) in [6.45, 7) is 6.43. The zero-order valence-electron chi connectivity index (χ0n) is 22.0. The van der Waals surface area contributed by atoms with Crippen molar-refractivity contribution in [1.29, 1.82) is 10.5 Å². The Morgan fingerprint density at radius 1 is 0.737 bits per heavy atom. The average molecular weight is 623 g/mol. The van der Waals surface area contributed by atoms with Gasteiger partial charge >= 0.3 is 0 Å². The van der Waals surface area contributed by atoms with E-state index < -0.39 is 0 Å². The number of hydrogen-bond acceptors (Lipinski definition) is 10. The molecule has 1 aromatic carbocycles. The summed E-state index contributed by atoms with van der Waals surface area (Å²) in [6.07, 6.45) is 7.81. The van der Waals surface area contributed by atoms with Gasteiger partial charge in [0.25, 0.3) is 0 Å². The predicted molar refractivity (Wildman–Crippen MR) is 171 cm³/mol. The molecule has 204 valence electrons. The molecule has 1 fully saturated rings. The van der Waals surface area contributed by atoms with Crippen molar-refractivity contribution in [1.82, 2.24) is 0 Å². The smallest absolute Gasteiger partial charge is 0.101 e. The Morgan fingerprint density at radius 2 is 1.21 bits per heavy atom. The fourth-order valence-corrected chi connectivity index (χ4v) is 14.3. The second-order valence-corrected chi connectivity index (χ2v) is 17.3. The molecule has 0 saturated carbocycles. The van der Waals surface area contributed by atoms with Crippen LogP contribution in [0.25, 0.3) is 0 Å². The van der Waals surface area contributed by atoms with Gasteiger partial charge in [0, 0.05) is 9.81 Å². The van der Waals surface area contributed by atoms with Gasteiger partial charge in [-0.15, -0.1) is 47.0 Å². The Kier molecular flexibility index (Phi) is 13.1. The number of hydrogen-bond donors (Lipinski definition) is 0. The lowest BCUT2D eigenvalue weighted by atomic mass is 10.00. The van der Waals surface area contributed by atoms with Gasteiger partial charge in [-0.1, -0.05) is 63.1 Å². The first kappa shape index (κ1) is 30.7. The number of thioether (sulfide) groups is 6. The normalized spacial score (nSPS) is 21.7. The summed E-state index contributed by atoms with van der Waals surface area (Å²) in [7, 11) is 0. The van der Waals surface area contributed by atoms with Crippen LogP contribution in [-0.4, -0.2) is 33.9 Å². The average Bonchev–Trinajstić information content (AvgIpc) is 3.53.